The molecule has 0 bridgehead atoms. The van der Waals surface area contributed by atoms with E-state index in [4.69, 9.17) is 37.0 Å². The minimum atomic E-state index is -4.96. The fourth-order valence-corrected chi connectivity index (χ4v) is 14.1. The molecule has 0 heterocycles. The molecule has 3 unspecified atom stereocenters. The summed E-state index contributed by atoms with van der Waals surface area (Å²) in [5.41, 5.74) is 0. The molecule has 100 heavy (non-hydrogen) atoms. The second kappa shape index (κ2) is 72.6. The molecule has 3 N–H and O–H groups in total. The number of aliphatic hydroxyl groups excluding tert-OH is 1. The van der Waals surface area contributed by atoms with E-state index in [0.717, 1.165) is 102 Å². The van der Waals surface area contributed by atoms with E-state index in [2.05, 4.69) is 41.5 Å². The van der Waals surface area contributed by atoms with Gasteiger partial charge in [0.05, 0.1) is 26.4 Å². The first-order chi connectivity index (χ1) is 48.4. The predicted octanol–water partition coefficient (Wildman–Crippen LogP) is 24.3. The summed E-state index contributed by atoms with van der Waals surface area (Å²) in [6, 6.07) is 0. The maximum Gasteiger partial charge on any atom is 0.472 e. The number of phosphoric ester groups is 2. The van der Waals surface area contributed by atoms with Crippen LogP contribution < -0.4 is 0 Å². The summed E-state index contributed by atoms with van der Waals surface area (Å²) in [6.07, 6.45) is 62.4. The molecule has 6 atom stereocenters. The molecule has 0 spiro atoms. The van der Waals surface area contributed by atoms with E-state index in [9.17, 15) is 43.2 Å². The highest BCUT2D eigenvalue weighted by Gasteiger charge is 2.30. The number of rotatable bonds is 80. The first-order valence-electron chi connectivity index (χ1n) is 42.0. The lowest BCUT2D eigenvalue weighted by molar-refractivity contribution is -0.161. The van der Waals surface area contributed by atoms with Crippen LogP contribution in [-0.4, -0.2) is 96.7 Å². The van der Waals surface area contributed by atoms with Crippen LogP contribution in [0.25, 0.3) is 0 Å². The molecule has 0 aromatic heterocycles. The maximum absolute atomic E-state index is 13.1. The Morgan fingerprint density at radius 3 is 0.760 bits per heavy atom. The van der Waals surface area contributed by atoms with Gasteiger partial charge in [-0.25, -0.2) is 9.13 Å². The van der Waals surface area contributed by atoms with Crippen molar-refractivity contribution in [3.8, 4) is 0 Å². The van der Waals surface area contributed by atoms with Gasteiger partial charge in [-0.15, -0.1) is 0 Å². The van der Waals surface area contributed by atoms with Crippen LogP contribution in [-0.2, 0) is 65.4 Å². The lowest BCUT2D eigenvalue weighted by Gasteiger charge is -2.21. The van der Waals surface area contributed by atoms with Crippen molar-refractivity contribution in [2.24, 2.45) is 11.8 Å². The molecule has 594 valence electrons. The Hall–Kier alpha value is -1.94. The van der Waals surface area contributed by atoms with Crippen molar-refractivity contribution < 1.29 is 80.2 Å². The molecule has 0 amide bonds. The van der Waals surface area contributed by atoms with Crippen LogP contribution in [0.2, 0.25) is 0 Å². The molecular formula is C81H158O17P2. The minimum Gasteiger partial charge on any atom is -0.462 e. The summed E-state index contributed by atoms with van der Waals surface area (Å²) < 4.78 is 68.7. The normalized spacial score (nSPS) is 14.2. The highest BCUT2D eigenvalue weighted by molar-refractivity contribution is 7.47. The third-order valence-electron chi connectivity index (χ3n) is 19.3. The van der Waals surface area contributed by atoms with Crippen LogP contribution in [0.5, 0.6) is 0 Å². The molecule has 0 fully saturated rings. The van der Waals surface area contributed by atoms with Gasteiger partial charge in [0, 0.05) is 25.7 Å². The van der Waals surface area contributed by atoms with E-state index in [0.29, 0.717) is 25.7 Å². The van der Waals surface area contributed by atoms with Crippen molar-refractivity contribution in [3.05, 3.63) is 0 Å². The number of carbonyl (C=O) groups excluding carboxylic acids is 4. The van der Waals surface area contributed by atoms with Crippen LogP contribution in [0.15, 0.2) is 0 Å². The van der Waals surface area contributed by atoms with Crippen LogP contribution >= 0.6 is 15.6 Å². The van der Waals surface area contributed by atoms with Gasteiger partial charge in [-0.2, -0.15) is 0 Å². The molecule has 0 saturated carbocycles. The number of esters is 4. The Balaban J connectivity index is 5.22. The summed E-state index contributed by atoms with van der Waals surface area (Å²) in [5.74, 6) is -0.532. The van der Waals surface area contributed by atoms with Crippen molar-refractivity contribution in [1.29, 1.82) is 0 Å². The van der Waals surface area contributed by atoms with Crippen molar-refractivity contribution in [2.45, 2.75) is 445 Å². The second-order valence-corrected chi connectivity index (χ2v) is 32.8. The maximum atomic E-state index is 13.1. The molecule has 0 aromatic carbocycles. The number of hydrogen-bond acceptors (Lipinski definition) is 15. The summed E-state index contributed by atoms with van der Waals surface area (Å²) in [4.78, 5) is 73.0. The number of unbranched alkanes of at least 4 members (excludes halogenated alkanes) is 49. The van der Waals surface area contributed by atoms with Gasteiger partial charge in [0.1, 0.15) is 19.3 Å². The van der Waals surface area contributed by atoms with Crippen LogP contribution in [0.4, 0.5) is 0 Å². The van der Waals surface area contributed by atoms with Gasteiger partial charge in [0.25, 0.3) is 0 Å². The van der Waals surface area contributed by atoms with Gasteiger partial charge in [-0.1, -0.05) is 375 Å². The quantitative estimate of drug-likeness (QED) is 0.0222. The van der Waals surface area contributed by atoms with E-state index in [-0.39, 0.29) is 25.7 Å². The first-order valence-corrected chi connectivity index (χ1v) is 45.0. The molecule has 0 aliphatic rings. The van der Waals surface area contributed by atoms with Crippen LogP contribution in [0.1, 0.15) is 427 Å². The zero-order valence-electron chi connectivity index (χ0n) is 65.5. The molecule has 0 saturated heterocycles. The van der Waals surface area contributed by atoms with Crippen molar-refractivity contribution in [3.63, 3.8) is 0 Å². The van der Waals surface area contributed by atoms with Gasteiger partial charge in [-0.3, -0.25) is 37.3 Å². The molecule has 17 nitrogen and oxygen atoms in total. The van der Waals surface area contributed by atoms with E-state index in [1.165, 1.54) is 244 Å². The van der Waals surface area contributed by atoms with E-state index < -0.39 is 97.5 Å². The SMILES string of the molecule is CCCCCCCCCCCCCCCCCCCCCC(=O)OC[C@H](COP(=O)(O)OC[C@@H](O)COP(=O)(O)OC[C@@H](COC(=O)CCCCCCCCCCCC)OC(=O)CCCCCCCCCCC(C)CC)OC(=O)CCCCCCCCCCCCCCCCCCC(C)C. The van der Waals surface area contributed by atoms with Gasteiger partial charge in [-0.05, 0) is 37.5 Å². The van der Waals surface area contributed by atoms with Crippen molar-refractivity contribution in [2.75, 3.05) is 39.6 Å². The van der Waals surface area contributed by atoms with Gasteiger partial charge in [0.15, 0.2) is 12.2 Å². The summed E-state index contributed by atoms with van der Waals surface area (Å²) in [6.45, 7) is 9.65. The van der Waals surface area contributed by atoms with Crippen molar-refractivity contribution in [1.82, 2.24) is 0 Å². The molecule has 0 aliphatic heterocycles. The molecule has 19 heteroatoms. The molecule has 0 aliphatic carbocycles. The van der Waals surface area contributed by atoms with Crippen molar-refractivity contribution >= 4 is 39.5 Å². The van der Waals surface area contributed by atoms with Gasteiger partial charge >= 0.3 is 39.5 Å². The van der Waals surface area contributed by atoms with Gasteiger partial charge < -0.3 is 33.8 Å². The number of ether oxygens (including phenoxy) is 4. The molecular weight excluding hydrogens is 1310 g/mol. The lowest BCUT2D eigenvalue weighted by atomic mass is 9.99. The Bertz CT molecular complexity index is 1930. The predicted molar refractivity (Wildman–Crippen MR) is 409 cm³/mol. The van der Waals surface area contributed by atoms with E-state index in [1.54, 1.807) is 0 Å². The number of aliphatic hydroxyl groups is 1. The number of phosphoric acid groups is 2. The average molecular weight is 1470 g/mol. The molecule has 0 radical (unpaired) electrons. The van der Waals surface area contributed by atoms with E-state index in [1.807, 2.05) is 0 Å². The average Bonchev–Trinajstić information content (AvgIpc) is 0.940. The fraction of sp³-hybridized carbons (Fsp3) is 0.951. The topological polar surface area (TPSA) is 237 Å². The highest BCUT2D eigenvalue weighted by atomic mass is 31.2. The van der Waals surface area contributed by atoms with Crippen LogP contribution in [0, 0.1) is 11.8 Å². The zero-order chi connectivity index (χ0) is 73.5. The fourth-order valence-electron chi connectivity index (χ4n) is 12.5. The summed E-state index contributed by atoms with van der Waals surface area (Å²) in [7, 11) is -9.92. The lowest BCUT2D eigenvalue weighted by Crippen LogP contribution is -2.30. The third-order valence-corrected chi connectivity index (χ3v) is 21.2. The largest absolute Gasteiger partial charge is 0.472 e. The standard InChI is InChI=1S/C81H158O17P2/c1-7-10-12-14-16-18-20-21-22-23-24-25-29-32-35-39-46-52-58-64-79(84)92-69-76(97-80(85)65-59-53-47-40-36-33-30-27-26-28-31-34-37-43-49-55-61-73(4)5)71-95-99(87,88)93-67-75(82)68-94-100(89,90)96-72-77(70-91-78(83)63-57-51-45-38-19-17-15-13-11-8-2)98-81(86)66-60-54-48-42-41-44-50-56-62-74(6)9-3/h73-77,82H,7-72H2,1-6H3,(H,87,88)(H,89,90)/t74?,75-,76-,77-/m1/s1. The summed E-state index contributed by atoms with van der Waals surface area (Å²) in [5, 5.41) is 10.6. The Kier molecular flexibility index (Phi) is 71.2. The monoisotopic (exact) mass is 1470 g/mol. The number of carbonyl (C=O) groups is 4. The first kappa shape index (κ1) is 98.1. The summed E-state index contributed by atoms with van der Waals surface area (Å²) >= 11 is 0. The Morgan fingerprint density at radius 2 is 0.510 bits per heavy atom. The second-order valence-electron chi connectivity index (χ2n) is 29.9. The molecule has 0 aromatic rings. The Morgan fingerprint density at radius 1 is 0.290 bits per heavy atom. The van der Waals surface area contributed by atoms with E-state index >= 15 is 0 Å². The minimum absolute atomic E-state index is 0.105. The Labute approximate surface area is 613 Å². The van der Waals surface area contributed by atoms with Gasteiger partial charge in [0.2, 0.25) is 0 Å². The third kappa shape index (κ3) is 73.0. The highest BCUT2D eigenvalue weighted by Crippen LogP contribution is 2.45. The molecule has 0 rings (SSSR count). The number of hydrogen-bond donors (Lipinski definition) is 3. The zero-order valence-corrected chi connectivity index (χ0v) is 67.3. The smallest absolute Gasteiger partial charge is 0.462 e. The van der Waals surface area contributed by atoms with Crippen LogP contribution in [0.3, 0.4) is 0 Å².